The molecule has 0 spiro atoms. The number of para-hydroxylation sites is 2. The summed E-state index contributed by atoms with van der Waals surface area (Å²) in [5.74, 6) is 0.810. The van der Waals surface area contributed by atoms with Crippen LogP contribution in [-0.4, -0.2) is 16.4 Å². The molecule has 1 fully saturated rings. The lowest BCUT2D eigenvalue weighted by atomic mass is 10.0. The average Bonchev–Trinajstić information content (AvgIpc) is 3.14. The molecule has 0 saturated carbocycles. The van der Waals surface area contributed by atoms with Crippen molar-refractivity contribution < 1.29 is 4.42 Å². The van der Waals surface area contributed by atoms with Crippen LogP contribution in [0.1, 0.15) is 30.3 Å². The molecule has 3 aromatic rings. The Labute approximate surface area is 138 Å². The lowest BCUT2D eigenvalue weighted by molar-refractivity contribution is 0.226. The average molecular weight is 357 g/mol. The van der Waals surface area contributed by atoms with Gasteiger partial charge in [-0.25, -0.2) is 4.98 Å². The quantitative estimate of drug-likeness (QED) is 0.666. The van der Waals surface area contributed by atoms with Gasteiger partial charge in [0.05, 0.1) is 6.54 Å². The maximum Gasteiger partial charge on any atom is 0.209 e. The Hall–Kier alpha value is -1.65. The van der Waals surface area contributed by atoms with E-state index in [1.54, 1.807) is 0 Å². The number of likely N-dealkylation sites (tertiary alicyclic amines) is 1. The summed E-state index contributed by atoms with van der Waals surface area (Å²) in [7, 11) is 0. The van der Waals surface area contributed by atoms with Crippen LogP contribution in [-0.2, 0) is 6.54 Å². The highest BCUT2D eigenvalue weighted by molar-refractivity contribution is 9.10. The van der Waals surface area contributed by atoms with Crippen molar-refractivity contribution in [3.8, 4) is 0 Å². The maximum atomic E-state index is 5.87. The second-order valence-corrected chi connectivity index (χ2v) is 6.67. The highest BCUT2D eigenvalue weighted by Gasteiger charge is 2.27. The monoisotopic (exact) mass is 356 g/mol. The van der Waals surface area contributed by atoms with E-state index in [4.69, 9.17) is 4.42 Å². The van der Waals surface area contributed by atoms with Crippen molar-refractivity contribution >= 4 is 27.0 Å². The highest BCUT2D eigenvalue weighted by atomic mass is 79.9. The molecule has 0 radical (unpaired) electrons. The number of fused-ring (bicyclic) bond motifs is 1. The summed E-state index contributed by atoms with van der Waals surface area (Å²) in [6.07, 6.45) is 2.42. The summed E-state index contributed by atoms with van der Waals surface area (Å²) in [5, 5.41) is 0. The van der Waals surface area contributed by atoms with Gasteiger partial charge in [0.1, 0.15) is 5.52 Å². The Bertz CT molecular complexity index is 748. The van der Waals surface area contributed by atoms with Gasteiger partial charge in [-0.15, -0.1) is 0 Å². The maximum absolute atomic E-state index is 5.87. The van der Waals surface area contributed by atoms with E-state index in [9.17, 15) is 0 Å². The summed E-state index contributed by atoms with van der Waals surface area (Å²) in [6, 6.07) is 17.1. The predicted molar refractivity (Wildman–Crippen MR) is 90.5 cm³/mol. The number of halogens is 1. The molecular weight excluding hydrogens is 340 g/mol. The number of oxazole rings is 1. The molecule has 0 bridgehead atoms. The molecular formula is C18H17BrN2O. The first kappa shape index (κ1) is 14.0. The standard InChI is InChI=1S/C18H17BrN2O/c19-14-9-7-13(8-10-14)16-5-3-11-21(16)12-18-20-15-4-1-2-6-17(15)22-18/h1-2,4,6-10,16H,3,5,11-12H2. The molecule has 1 aliphatic heterocycles. The molecule has 112 valence electrons. The van der Waals surface area contributed by atoms with E-state index in [0.29, 0.717) is 6.04 Å². The molecule has 1 saturated heterocycles. The van der Waals surface area contributed by atoms with E-state index >= 15 is 0 Å². The molecule has 3 nitrogen and oxygen atoms in total. The van der Waals surface area contributed by atoms with E-state index in [1.165, 1.54) is 18.4 Å². The minimum absolute atomic E-state index is 0.461. The van der Waals surface area contributed by atoms with Crippen molar-refractivity contribution in [1.82, 2.24) is 9.88 Å². The summed E-state index contributed by atoms with van der Waals surface area (Å²) in [6.45, 7) is 1.87. The number of benzene rings is 2. The Morgan fingerprint density at radius 1 is 1.14 bits per heavy atom. The number of aromatic nitrogens is 1. The summed E-state index contributed by atoms with van der Waals surface area (Å²) in [4.78, 5) is 7.07. The van der Waals surface area contributed by atoms with Gasteiger partial charge < -0.3 is 4.42 Å². The van der Waals surface area contributed by atoms with Crippen LogP contribution in [0, 0.1) is 0 Å². The fraction of sp³-hybridized carbons (Fsp3) is 0.278. The topological polar surface area (TPSA) is 29.3 Å². The van der Waals surface area contributed by atoms with E-state index in [1.807, 2.05) is 24.3 Å². The molecule has 4 rings (SSSR count). The second-order valence-electron chi connectivity index (χ2n) is 5.76. The van der Waals surface area contributed by atoms with Gasteiger partial charge in [-0.05, 0) is 49.2 Å². The third-order valence-corrected chi connectivity index (χ3v) is 4.82. The van der Waals surface area contributed by atoms with Gasteiger partial charge in [-0.1, -0.05) is 40.2 Å². The van der Waals surface area contributed by atoms with Gasteiger partial charge in [0.2, 0.25) is 5.89 Å². The predicted octanol–water partition coefficient (Wildman–Crippen LogP) is 4.93. The molecule has 0 amide bonds. The first-order chi connectivity index (χ1) is 10.8. The van der Waals surface area contributed by atoms with Crippen LogP contribution in [0.25, 0.3) is 11.1 Å². The fourth-order valence-electron chi connectivity index (χ4n) is 3.24. The van der Waals surface area contributed by atoms with E-state index in [0.717, 1.165) is 34.6 Å². The van der Waals surface area contributed by atoms with Crippen LogP contribution in [0.15, 0.2) is 57.4 Å². The van der Waals surface area contributed by atoms with Crippen LogP contribution < -0.4 is 0 Å². The summed E-state index contributed by atoms with van der Waals surface area (Å²) < 4.78 is 7.00. The van der Waals surface area contributed by atoms with E-state index < -0.39 is 0 Å². The third-order valence-electron chi connectivity index (χ3n) is 4.29. The van der Waals surface area contributed by atoms with Crippen molar-refractivity contribution in [2.24, 2.45) is 0 Å². The molecule has 0 aliphatic carbocycles. The normalized spacial score (nSPS) is 19.0. The first-order valence-electron chi connectivity index (χ1n) is 7.63. The molecule has 2 heterocycles. The van der Waals surface area contributed by atoms with Gasteiger partial charge >= 0.3 is 0 Å². The van der Waals surface area contributed by atoms with Crippen molar-refractivity contribution in [3.63, 3.8) is 0 Å². The Morgan fingerprint density at radius 2 is 1.95 bits per heavy atom. The molecule has 4 heteroatoms. The van der Waals surface area contributed by atoms with Gasteiger partial charge in [0, 0.05) is 10.5 Å². The lowest BCUT2D eigenvalue weighted by Gasteiger charge is -2.23. The molecule has 1 aromatic heterocycles. The van der Waals surface area contributed by atoms with Gasteiger partial charge in [0.25, 0.3) is 0 Å². The SMILES string of the molecule is Brc1ccc(C2CCCN2Cc2nc3ccccc3o2)cc1. The minimum atomic E-state index is 0.461. The Balaban J connectivity index is 1.57. The van der Waals surface area contributed by atoms with E-state index in [2.05, 4.69) is 50.1 Å². The van der Waals surface area contributed by atoms with E-state index in [-0.39, 0.29) is 0 Å². The highest BCUT2D eigenvalue weighted by Crippen LogP contribution is 2.33. The fourth-order valence-corrected chi connectivity index (χ4v) is 3.50. The zero-order valence-corrected chi connectivity index (χ0v) is 13.8. The number of hydrogen-bond donors (Lipinski definition) is 0. The van der Waals surface area contributed by atoms with Crippen molar-refractivity contribution in [1.29, 1.82) is 0 Å². The number of hydrogen-bond acceptors (Lipinski definition) is 3. The lowest BCUT2D eigenvalue weighted by Crippen LogP contribution is -2.22. The summed E-state index contributed by atoms with van der Waals surface area (Å²) in [5.41, 5.74) is 3.19. The Kier molecular flexibility index (Phi) is 3.72. The van der Waals surface area contributed by atoms with Crippen molar-refractivity contribution in [3.05, 3.63) is 64.5 Å². The molecule has 1 atom stereocenters. The molecule has 2 aromatic carbocycles. The minimum Gasteiger partial charge on any atom is -0.439 e. The third kappa shape index (κ3) is 2.69. The van der Waals surface area contributed by atoms with Crippen LogP contribution in [0.5, 0.6) is 0 Å². The summed E-state index contributed by atoms with van der Waals surface area (Å²) >= 11 is 3.50. The Morgan fingerprint density at radius 3 is 2.77 bits per heavy atom. The zero-order valence-electron chi connectivity index (χ0n) is 12.2. The number of rotatable bonds is 3. The number of nitrogens with zero attached hydrogens (tertiary/aromatic N) is 2. The molecule has 22 heavy (non-hydrogen) atoms. The molecule has 1 aliphatic rings. The zero-order chi connectivity index (χ0) is 14.9. The smallest absolute Gasteiger partial charge is 0.209 e. The van der Waals surface area contributed by atoms with Crippen molar-refractivity contribution in [2.45, 2.75) is 25.4 Å². The largest absolute Gasteiger partial charge is 0.439 e. The van der Waals surface area contributed by atoms with Crippen LogP contribution in [0.4, 0.5) is 0 Å². The molecule has 0 N–H and O–H groups in total. The van der Waals surface area contributed by atoms with Gasteiger partial charge in [0.15, 0.2) is 5.58 Å². The van der Waals surface area contributed by atoms with Crippen LogP contribution in [0.3, 0.4) is 0 Å². The van der Waals surface area contributed by atoms with Crippen LogP contribution >= 0.6 is 15.9 Å². The van der Waals surface area contributed by atoms with Gasteiger partial charge in [-0.3, -0.25) is 4.90 Å². The first-order valence-corrected chi connectivity index (χ1v) is 8.43. The van der Waals surface area contributed by atoms with Crippen LogP contribution in [0.2, 0.25) is 0 Å². The molecule has 1 unspecified atom stereocenters. The second kappa shape index (κ2) is 5.86. The van der Waals surface area contributed by atoms with Gasteiger partial charge in [-0.2, -0.15) is 0 Å². The van der Waals surface area contributed by atoms with Crippen molar-refractivity contribution in [2.75, 3.05) is 6.54 Å².